The summed E-state index contributed by atoms with van der Waals surface area (Å²) in [6.07, 6.45) is 12.2. The highest BCUT2D eigenvalue weighted by Crippen LogP contribution is 2.30. The second-order valence-electron chi connectivity index (χ2n) is 4.51. The predicted octanol–water partition coefficient (Wildman–Crippen LogP) is 3.27. The molecule has 0 aromatic carbocycles. The predicted molar refractivity (Wildman–Crippen MR) is 58.0 cm³/mol. The van der Waals surface area contributed by atoms with Crippen LogP contribution in [0.15, 0.2) is 23.8 Å². The number of rotatable bonds is 2. The van der Waals surface area contributed by atoms with E-state index in [1.165, 1.54) is 24.8 Å². The Morgan fingerprint density at radius 3 is 2.57 bits per heavy atom. The largest absolute Gasteiger partial charge is 0.298 e. The molecule has 0 aromatic heterocycles. The van der Waals surface area contributed by atoms with Gasteiger partial charge in [0.2, 0.25) is 0 Å². The first-order valence-electron chi connectivity index (χ1n) is 5.68. The monoisotopic (exact) mass is 190 g/mol. The molecule has 2 aliphatic carbocycles. The smallest absolute Gasteiger partial charge is 0.146 e. The van der Waals surface area contributed by atoms with E-state index in [0.717, 1.165) is 12.8 Å². The van der Waals surface area contributed by atoms with Gasteiger partial charge in [-0.1, -0.05) is 43.1 Å². The summed E-state index contributed by atoms with van der Waals surface area (Å²) in [5.41, 5.74) is 1.22. The molecule has 1 unspecified atom stereocenters. The molecule has 0 heterocycles. The van der Waals surface area contributed by atoms with Crippen LogP contribution in [-0.2, 0) is 4.79 Å². The van der Waals surface area contributed by atoms with E-state index in [1.54, 1.807) is 0 Å². The highest BCUT2D eigenvalue weighted by Gasteiger charge is 2.28. The lowest BCUT2D eigenvalue weighted by atomic mass is 9.80. The van der Waals surface area contributed by atoms with Crippen LogP contribution < -0.4 is 0 Å². The second-order valence-corrected chi connectivity index (χ2v) is 4.51. The minimum Gasteiger partial charge on any atom is -0.298 e. The Hall–Kier alpha value is -0.850. The highest BCUT2D eigenvalue weighted by molar-refractivity contribution is 5.88. The van der Waals surface area contributed by atoms with Crippen molar-refractivity contribution in [2.24, 2.45) is 11.8 Å². The fraction of sp³-hybridized carbons (Fsp3) is 0.615. The van der Waals surface area contributed by atoms with Crippen molar-refractivity contribution in [3.63, 3.8) is 0 Å². The molecule has 0 saturated heterocycles. The molecule has 0 aliphatic heterocycles. The van der Waals surface area contributed by atoms with Crippen molar-refractivity contribution in [2.75, 3.05) is 0 Å². The Morgan fingerprint density at radius 2 is 2.00 bits per heavy atom. The first-order valence-corrected chi connectivity index (χ1v) is 5.68. The third-order valence-electron chi connectivity index (χ3n) is 3.47. The molecule has 2 aliphatic rings. The fourth-order valence-electron chi connectivity index (χ4n) is 2.53. The van der Waals surface area contributed by atoms with Crippen molar-refractivity contribution in [2.45, 2.75) is 39.0 Å². The Labute approximate surface area is 85.9 Å². The van der Waals surface area contributed by atoms with E-state index in [-0.39, 0.29) is 5.92 Å². The zero-order valence-electron chi connectivity index (χ0n) is 8.83. The Morgan fingerprint density at radius 1 is 1.29 bits per heavy atom. The third-order valence-corrected chi connectivity index (χ3v) is 3.47. The van der Waals surface area contributed by atoms with Gasteiger partial charge in [0.1, 0.15) is 5.78 Å². The number of Topliss-reactive ketones (excluding diaryl/α,β-unsaturated/α-hetero) is 1. The van der Waals surface area contributed by atoms with Gasteiger partial charge in [-0.3, -0.25) is 4.79 Å². The van der Waals surface area contributed by atoms with Crippen LogP contribution in [0.3, 0.4) is 0 Å². The van der Waals surface area contributed by atoms with E-state index in [2.05, 4.69) is 13.0 Å². The topological polar surface area (TPSA) is 17.1 Å². The lowest BCUT2D eigenvalue weighted by Crippen LogP contribution is -2.24. The summed E-state index contributed by atoms with van der Waals surface area (Å²) in [6.45, 7) is 2.06. The van der Waals surface area contributed by atoms with Crippen LogP contribution in [0.2, 0.25) is 0 Å². The maximum atomic E-state index is 12.1. The van der Waals surface area contributed by atoms with Crippen molar-refractivity contribution in [1.29, 1.82) is 0 Å². The fourth-order valence-corrected chi connectivity index (χ4v) is 2.53. The molecule has 0 spiro atoms. The van der Waals surface area contributed by atoms with Crippen molar-refractivity contribution >= 4 is 5.78 Å². The van der Waals surface area contributed by atoms with E-state index >= 15 is 0 Å². The van der Waals surface area contributed by atoms with Gasteiger partial charge in [0.05, 0.1) is 5.92 Å². The van der Waals surface area contributed by atoms with Crippen LogP contribution in [0.1, 0.15) is 39.0 Å². The lowest BCUT2D eigenvalue weighted by molar-refractivity contribution is -0.125. The molecular weight excluding hydrogens is 172 g/mol. The summed E-state index contributed by atoms with van der Waals surface area (Å²) in [7, 11) is 0. The third kappa shape index (κ3) is 1.82. The highest BCUT2D eigenvalue weighted by atomic mass is 16.1. The zero-order valence-corrected chi connectivity index (χ0v) is 8.83. The van der Waals surface area contributed by atoms with E-state index in [9.17, 15) is 4.79 Å². The average molecular weight is 190 g/mol. The Bertz CT molecular complexity index is 280. The van der Waals surface area contributed by atoms with E-state index in [1.807, 2.05) is 12.2 Å². The van der Waals surface area contributed by atoms with Gasteiger partial charge in [-0.25, -0.2) is 0 Å². The van der Waals surface area contributed by atoms with Gasteiger partial charge in [0, 0.05) is 5.92 Å². The van der Waals surface area contributed by atoms with Gasteiger partial charge in [0.25, 0.3) is 0 Å². The van der Waals surface area contributed by atoms with Crippen LogP contribution in [0, 0.1) is 11.8 Å². The van der Waals surface area contributed by atoms with Crippen molar-refractivity contribution in [3.05, 3.63) is 23.8 Å². The molecule has 1 nitrogen and oxygen atoms in total. The number of allylic oxidation sites excluding steroid dienone is 4. The van der Waals surface area contributed by atoms with Crippen molar-refractivity contribution < 1.29 is 4.79 Å². The maximum absolute atomic E-state index is 12.1. The van der Waals surface area contributed by atoms with Crippen LogP contribution >= 0.6 is 0 Å². The van der Waals surface area contributed by atoms with Gasteiger partial charge in [-0.2, -0.15) is 0 Å². The molecule has 0 amide bonds. The molecule has 1 saturated carbocycles. The number of carbonyl (C=O) groups is 1. The van der Waals surface area contributed by atoms with Gasteiger partial charge in [-0.05, 0) is 19.8 Å². The summed E-state index contributed by atoms with van der Waals surface area (Å²) in [4.78, 5) is 12.1. The van der Waals surface area contributed by atoms with E-state index in [0.29, 0.717) is 11.7 Å². The molecule has 0 N–H and O–H groups in total. The van der Waals surface area contributed by atoms with Crippen LogP contribution in [0.5, 0.6) is 0 Å². The first kappa shape index (κ1) is 9.70. The minimum absolute atomic E-state index is 0.109. The normalized spacial score (nSPS) is 27.8. The van der Waals surface area contributed by atoms with Gasteiger partial charge >= 0.3 is 0 Å². The average Bonchev–Trinajstić information content (AvgIpc) is 2.65. The molecule has 1 atom stereocenters. The molecule has 0 aromatic rings. The zero-order chi connectivity index (χ0) is 9.97. The van der Waals surface area contributed by atoms with Crippen LogP contribution in [-0.4, -0.2) is 5.78 Å². The summed E-state index contributed by atoms with van der Waals surface area (Å²) in [5.74, 6) is 0.921. The quantitative estimate of drug-likeness (QED) is 0.653. The molecule has 0 radical (unpaired) electrons. The lowest BCUT2D eigenvalue weighted by Gasteiger charge is -2.23. The van der Waals surface area contributed by atoms with Gasteiger partial charge < -0.3 is 0 Å². The molecule has 1 fully saturated rings. The molecular formula is C13H18O. The number of hydrogen-bond donors (Lipinski definition) is 0. The van der Waals surface area contributed by atoms with E-state index in [4.69, 9.17) is 0 Å². The molecule has 2 rings (SSSR count). The van der Waals surface area contributed by atoms with Crippen molar-refractivity contribution in [3.8, 4) is 0 Å². The number of carbonyl (C=O) groups excluding carboxylic acids is 1. The number of hydrogen-bond acceptors (Lipinski definition) is 1. The summed E-state index contributed by atoms with van der Waals surface area (Å²) >= 11 is 0. The Kier molecular flexibility index (Phi) is 2.85. The maximum Gasteiger partial charge on any atom is 0.146 e. The van der Waals surface area contributed by atoms with Crippen LogP contribution in [0.25, 0.3) is 0 Å². The summed E-state index contributed by atoms with van der Waals surface area (Å²) in [5, 5.41) is 0. The minimum atomic E-state index is 0.109. The van der Waals surface area contributed by atoms with Gasteiger partial charge in [0.15, 0.2) is 0 Å². The Balaban J connectivity index is 2.00. The second kappa shape index (κ2) is 4.12. The molecule has 76 valence electrons. The molecule has 0 bridgehead atoms. The van der Waals surface area contributed by atoms with Gasteiger partial charge in [-0.15, -0.1) is 0 Å². The van der Waals surface area contributed by atoms with Crippen LogP contribution in [0.4, 0.5) is 0 Å². The standard InChI is InChI=1S/C13H18O/c1-10-6-5-9-12(10)13(14)11-7-3-2-4-8-11/h5-6,9,11-12H,2-4,7-8H2,1H3. The SMILES string of the molecule is CC1=CC=CC1C(=O)C1CCCCC1. The molecule has 1 heteroatoms. The molecule has 14 heavy (non-hydrogen) atoms. The van der Waals surface area contributed by atoms with E-state index < -0.39 is 0 Å². The summed E-state index contributed by atoms with van der Waals surface area (Å²) < 4.78 is 0. The first-order chi connectivity index (χ1) is 6.79. The van der Waals surface area contributed by atoms with Crippen molar-refractivity contribution in [1.82, 2.24) is 0 Å². The number of ketones is 1. The summed E-state index contributed by atoms with van der Waals surface area (Å²) in [6, 6.07) is 0.